The van der Waals surface area contributed by atoms with E-state index in [1.54, 1.807) is 0 Å². The molecule has 96 valence electrons. The zero-order chi connectivity index (χ0) is 12.9. The van der Waals surface area contributed by atoms with Crippen LogP contribution in [0.4, 0.5) is 0 Å². The van der Waals surface area contributed by atoms with Gasteiger partial charge in [0.15, 0.2) is 0 Å². The number of hydrogen-bond donors (Lipinski definition) is 1. The van der Waals surface area contributed by atoms with E-state index in [0.717, 1.165) is 23.5 Å². The molecule has 3 heteroatoms. The third-order valence-electron chi connectivity index (χ3n) is 2.83. The normalized spacial score (nSPS) is 11.6. The smallest absolute Gasteiger partial charge is 0.125 e. The van der Waals surface area contributed by atoms with E-state index >= 15 is 0 Å². The molecule has 0 atom stereocenters. The zero-order valence-electron chi connectivity index (χ0n) is 11.2. The van der Waals surface area contributed by atoms with Crippen molar-refractivity contribution in [2.24, 2.45) is 5.73 Å². The summed E-state index contributed by atoms with van der Waals surface area (Å²) in [5.74, 6) is 1.98. The second kappa shape index (κ2) is 6.31. The summed E-state index contributed by atoms with van der Waals surface area (Å²) < 4.78 is 6.07. The van der Waals surface area contributed by atoms with Crippen LogP contribution in [0.2, 0.25) is 0 Å². The van der Waals surface area contributed by atoms with Crippen LogP contribution in [0.5, 0.6) is 5.75 Å². The second-order valence-corrected chi connectivity index (χ2v) is 5.89. The molecule has 0 aliphatic carbocycles. The van der Waals surface area contributed by atoms with Crippen LogP contribution in [0.25, 0.3) is 0 Å². The van der Waals surface area contributed by atoms with Crippen LogP contribution in [-0.4, -0.2) is 11.4 Å². The van der Waals surface area contributed by atoms with Gasteiger partial charge >= 0.3 is 0 Å². The predicted octanol–water partition coefficient (Wildman–Crippen LogP) is 3.82. The van der Waals surface area contributed by atoms with Crippen LogP contribution in [0, 0.1) is 0 Å². The minimum atomic E-state index is -0.139. The van der Waals surface area contributed by atoms with Gasteiger partial charge in [0.05, 0.1) is 0 Å². The van der Waals surface area contributed by atoms with Gasteiger partial charge in [0.25, 0.3) is 0 Å². The summed E-state index contributed by atoms with van der Waals surface area (Å²) in [5, 5.41) is 0. The maximum absolute atomic E-state index is 6.07. The summed E-state index contributed by atoms with van der Waals surface area (Å²) in [6.45, 7) is 9.01. The van der Waals surface area contributed by atoms with E-state index < -0.39 is 0 Å². The minimum absolute atomic E-state index is 0.139. The summed E-state index contributed by atoms with van der Waals surface area (Å²) >= 11 is 1.81. The Bertz CT molecular complexity index is 363. The standard InChI is InChI=1S/C14H23NOS/c1-5-14(3,4)16-12-8-7-9-13(17-6-2)11(12)10-15/h7-9H,5-6,10,15H2,1-4H3. The van der Waals surface area contributed by atoms with Gasteiger partial charge in [0.2, 0.25) is 0 Å². The van der Waals surface area contributed by atoms with Gasteiger partial charge in [-0.15, -0.1) is 11.8 Å². The quantitative estimate of drug-likeness (QED) is 0.783. The highest BCUT2D eigenvalue weighted by atomic mass is 32.2. The molecule has 1 aromatic carbocycles. The van der Waals surface area contributed by atoms with Crippen LogP contribution in [0.3, 0.4) is 0 Å². The van der Waals surface area contributed by atoms with E-state index in [-0.39, 0.29) is 5.60 Å². The molecule has 17 heavy (non-hydrogen) atoms. The Morgan fingerprint density at radius 1 is 1.29 bits per heavy atom. The molecule has 2 nitrogen and oxygen atoms in total. The molecule has 1 aromatic rings. The van der Waals surface area contributed by atoms with Crippen LogP contribution in [0.15, 0.2) is 23.1 Å². The molecule has 0 aromatic heterocycles. The molecule has 0 heterocycles. The Labute approximate surface area is 109 Å². The van der Waals surface area contributed by atoms with Crippen molar-refractivity contribution in [3.8, 4) is 5.75 Å². The predicted molar refractivity (Wildman–Crippen MR) is 75.7 cm³/mol. The molecule has 1 rings (SSSR count). The zero-order valence-corrected chi connectivity index (χ0v) is 12.1. The van der Waals surface area contributed by atoms with Gasteiger partial charge in [-0.05, 0) is 38.2 Å². The molecule has 0 fully saturated rings. The Kier molecular flexibility index (Phi) is 5.34. The van der Waals surface area contributed by atoms with Crippen molar-refractivity contribution in [3.05, 3.63) is 23.8 Å². The molecule has 0 amide bonds. The third kappa shape index (κ3) is 3.93. The fourth-order valence-electron chi connectivity index (χ4n) is 1.50. The lowest BCUT2D eigenvalue weighted by molar-refractivity contribution is 0.103. The van der Waals surface area contributed by atoms with E-state index in [0.29, 0.717) is 6.54 Å². The van der Waals surface area contributed by atoms with Crippen molar-refractivity contribution in [1.82, 2.24) is 0 Å². The average molecular weight is 253 g/mol. The van der Waals surface area contributed by atoms with Gasteiger partial charge < -0.3 is 10.5 Å². The Balaban J connectivity index is 3.02. The second-order valence-electron chi connectivity index (χ2n) is 4.59. The van der Waals surface area contributed by atoms with Gasteiger partial charge in [0, 0.05) is 17.0 Å². The average Bonchev–Trinajstić information content (AvgIpc) is 2.29. The monoisotopic (exact) mass is 253 g/mol. The fourth-order valence-corrected chi connectivity index (χ4v) is 2.35. The van der Waals surface area contributed by atoms with Gasteiger partial charge in [-0.25, -0.2) is 0 Å². The molecule has 0 unspecified atom stereocenters. The Morgan fingerprint density at radius 3 is 2.53 bits per heavy atom. The summed E-state index contributed by atoms with van der Waals surface area (Å²) in [5.41, 5.74) is 6.84. The van der Waals surface area contributed by atoms with E-state index in [2.05, 4.69) is 33.8 Å². The largest absolute Gasteiger partial charge is 0.488 e. The highest BCUT2D eigenvalue weighted by molar-refractivity contribution is 7.99. The van der Waals surface area contributed by atoms with Crippen LogP contribution >= 0.6 is 11.8 Å². The number of rotatable bonds is 6. The molecule has 0 radical (unpaired) electrons. The van der Waals surface area contributed by atoms with E-state index in [1.165, 1.54) is 4.90 Å². The minimum Gasteiger partial charge on any atom is -0.488 e. The maximum Gasteiger partial charge on any atom is 0.125 e. The molecule has 0 bridgehead atoms. The van der Waals surface area contributed by atoms with Gasteiger partial charge in [-0.1, -0.05) is 19.9 Å². The number of thioether (sulfide) groups is 1. The Hall–Kier alpha value is -0.670. The lowest BCUT2D eigenvalue weighted by Gasteiger charge is -2.27. The molecule has 0 aliphatic rings. The fraction of sp³-hybridized carbons (Fsp3) is 0.571. The maximum atomic E-state index is 6.07. The van der Waals surface area contributed by atoms with Gasteiger partial charge in [0.1, 0.15) is 11.4 Å². The van der Waals surface area contributed by atoms with Crippen molar-refractivity contribution in [2.45, 2.75) is 51.2 Å². The van der Waals surface area contributed by atoms with Crippen LogP contribution in [0.1, 0.15) is 39.7 Å². The third-order valence-corrected chi connectivity index (χ3v) is 3.81. The van der Waals surface area contributed by atoms with Gasteiger partial charge in [-0.2, -0.15) is 0 Å². The first-order valence-corrected chi connectivity index (χ1v) is 7.16. The van der Waals surface area contributed by atoms with Crippen LogP contribution in [-0.2, 0) is 6.54 Å². The number of ether oxygens (including phenoxy) is 1. The van der Waals surface area contributed by atoms with E-state index in [1.807, 2.05) is 23.9 Å². The summed E-state index contributed by atoms with van der Waals surface area (Å²) in [4.78, 5) is 1.24. The highest BCUT2D eigenvalue weighted by Crippen LogP contribution is 2.32. The first-order valence-electron chi connectivity index (χ1n) is 6.17. The summed E-state index contributed by atoms with van der Waals surface area (Å²) in [6.07, 6.45) is 0.974. The van der Waals surface area contributed by atoms with Crippen molar-refractivity contribution in [2.75, 3.05) is 5.75 Å². The summed E-state index contributed by atoms with van der Waals surface area (Å²) in [7, 11) is 0. The number of nitrogens with two attached hydrogens (primary N) is 1. The van der Waals surface area contributed by atoms with Gasteiger partial charge in [-0.3, -0.25) is 0 Å². The molecule has 2 N–H and O–H groups in total. The van der Waals surface area contributed by atoms with Crippen LogP contribution < -0.4 is 10.5 Å². The molecule has 0 aliphatic heterocycles. The molecule has 0 spiro atoms. The first kappa shape index (κ1) is 14.4. The molecular formula is C14H23NOS. The topological polar surface area (TPSA) is 35.2 Å². The SMILES string of the molecule is CCSc1cccc(OC(C)(C)CC)c1CN. The molecular weight excluding hydrogens is 230 g/mol. The van der Waals surface area contributed by atoms with E-state index in [9.17, 15) is 0 Å². The van der Waals surface area contributed by atoms with Crippen molar-refractivity contribution >= 4 is 11.8 Å². The van der Waals surface area contributed by atoms with Crippen molar-refractivity contribution < 1.29 is 4.74 Å². The lowest BCUT2D eigenvalue weighted by atomic mass is 10.1. The van der Waals surface area contributed by atoms with Crippen molar-refractivity contribution in [3.63, 3.8) is 0 Å². The highest BCUT2D eigenvalue weighted by Gasteiger charge is 2.19. The molecule has 0 saturated carbocycles. The number of benzene rings is 1. The number of hydrogen-bond acceptors (Lipinski definition) is 3. The lowest BCUT2D eigenvalue weighted by Crippen LogP contribution is -2.27. The molecule has 0 saturated heterocycles. The Morgan fingerprint density at radius 2 is 2.00 bits per heavy atom. The van der Waals surface area contributed by atoms with E-state index in [4.69, 9.17) is 10.5 Å². The summed E-state index contributed by atoms with van der Waals surface area (Å²) in [6, 6.07) is 6.17. The van der Waals surface area contributed by atoms with Crippen molar-refractivity contribution in [1.29, 1.82) is 0 Å². The first-order chi connectivity index (χ1) is 8.04.